The minimum atomic E-state index is -0.545. The van der Waals surface area contributed by atoms with Gasteiger partial charge in [-0.25, -0.2) is 0 Å². The first-order chi connectivity index (χ1) is 20.3. The van der Waals surface area contributed by atoms with Crippen LogP contribution in [0.25, 0.3) is 27.2 Å². The second-order valence-electron chi connectivity index (χ2n) is 16.1. The van der Waals surface area contributed by atoms with E-state index in [0.29, 0.717) is 12.1 Å². The maximum absolute atomic E-state index is 13.5. The van der Waals surface area contributed by atoms with Crippen LogP contribution in [0.4, 0.5) is 0 Å². The number of hydrogen-bond acceptors (Lipinski definition) is 2. The first kappa shape index (κ1) is 31.4. The molecule has 0 radical (unpaired) electrons. The first-order valence-corrected chi connectivity index (χ1v) is 15.7. The molecule has 0 aliphatic rings. The van der Waals surface area contributed by atoms with Crippen molar-refractivity contribution in [3.05, 3.63) is 101 Å². The van der Waals surface area contributed by atoms with Gasteiger partial charge in [0, 0.05) is 11.0 Å². The maximum Gasteiger partial charge on any atom is 0.251 e. The summed E-state index contributed by atoms with van der Waals surface area (Å²) in [7, 11) is 0. The highest BCUT2D eigenvalue weighted by Gasteiger charge is 2.33. The monoisotopic (exact) mass is 589 g/mol. The van der Waals surface area contributed by atoms with E-state index in [1.54, 1.807) is 0 Å². The highest BCUT2D eigenvalue weighted by Crippen LogP contribution is 2.29. The van der Waals surface area contributed by atoms with Crippen molar-refractivity contribution in [2.24, 2.45) is 0 Å². The lowest BCUT2D eigenvalue weighted by atomic mass is 9.86. The number of rotatable bonds is 5. The van der Waals surface area contributed by atoms with Crippen molar-refractivity contribution in [2.45, 2.75) is 104 Å². The van der Waals surface area contributed by atoms with Crippen LogP contribution < -0.4 is 10.00 Å². The lowest BCUT2D eigenvalue weighted by molar-refractivity contribution is -0.661. The van der Waals surface area contributed by atoms with Gasteiger partial charge in [0.2, 0.25) is 0 Å². The van der Waals surface area contributed by atoms with Gasteiger partial charge in [-0.2, -0.15) is 0 Å². The Labute approximate surface area is 263 Å². The highest BCUT2D eigenvalue weighted by atomic mass is 16.1. The molecule has 44 heavy (non-hydrogen) atoms. The van der Waals surface area contributed by atoms with Crippen molar-refractivity contribution in [3.8, 4) is 5.69 Å². The zero-order chi connectivity index (χ0) is 32.2. The molecular weight excluding hydrogens is 540 g/mol. The van der Waals surface area contributed by atoms with E-state index in [2.05, 4.69) is 148 Å². The van der Waals surface area contributed by atoms with E-state index in [9.17, 15) is 4.79 Å². The average molecular weight is 590 g/mol. The molecule has 0 aliphatic carbocycles. The molecule has 0 fully saturated rings. The smallest absolute Gasteiger partial charge is 0.251 e. The van der Waals surface area contributed by atoms with Crippen molar-refractivity contribution < 1.29 is 9.48 Å². The molecule has 5 nitrogen and oxygen atoms in total. The molecule has 5 heteroatoms. The second kappa shape index (κ2) is 10.9. The van der Waals surface area contributed by atoms with Crippen LogP contribution in [0.1, 0.15) is 103 Å². The van der Waals surface area contributed by atoms with Gasteiger partial charge in [-0.15, -0.1) is 9.36 Å². The van der Waals surface area contributed by atoms with Crippen molar-refractivity contribution in [1.29, 1.82) is 0 Å². The van der Waals surface area contributed by atoms with Gasteiger partial charge in [-0.3, -0.25) is 4.79 Å². The maximum atomic E-state index is 13.5. The van der Waals surface area contributed by atoms with Crippen LogP contribution in [0.3, 0.4) is 0 Å². The first-order valence-electron chi connectivity index (χ1n) is 15.7. The molecule has 230 valence electrons. The quantitative estimate of drug-likeness (QED) is 0.209. The van der Waals surface area contributed by atoms with E-state index in [1.807, 2.05) is 21.5 Å². The summed E-state index contributed by atoms with van der Waals surface area (Å²) in [5, 5.41) is 13.0. The molecule has 1 N–H and O–H groups in total. The molecule has 1 aromatic heterocycles. The zero-order valence-electron chi connectivity index (χ0n) is 28.5. The SMILES string of the molecule is CC(C)(Cn1n[n+](-c2ccc3ccc(C(C)(C)C)cc3c2)cc1C(C)(C)C)NC(=O)c1ccc2cc(C(C)(C)C)ccc2c1. The predicted molar refractivity (Wildman–Crippen MR) is 183 cm³/mol. The van der Waals surface area contributed by atoms with Crippen LogP contribution in [0.15, 0.2) is 79.0 Å². The second-order valence-corrected chi connectivity index (χ2v) is 16.1. The van der Waals surface area contributed by atoms with Crippen LogP contribution in [0.5, 0.6) is 0 Å². The van der Waals surface area contributed by atoms with E-state index in [-0.39, 0.29) is 22.2 Å². The van der Waals surface area contributed by atoms with Crippen molar-refractivity contribution in [3.63, 3.8) is 0 Å². The van der Waals surface area contributed by atoms with Crippen LogP contribution in [-0.2, 0) is 22.8 Å². The van der Waals surface area contributed by atoms with Crippen molar-refractivity contribution in [2.75, 3.05) is 0 Å². The molecule has 0 unspecified atom stereocenters. The van der Waals surface area contributed by atoms with Crippen molar-refractivity contribution in [1.82, 2.24) is 15.2 Å². The fraction of sp³-hybridized carbons (Fsp3) is 0.410. The number of amides is 1. The number of benzene rings is 4. The Bertz CT molecular complexity index is 1860. The van der Waals surface area contributed by atoms with Crippen LogP contribution in [0.2, 0.25) is 0 Å². The molecule has 0 bridgehead atoms. The summed E-state index contributed by atoms with van der Waals surface area (Å²) in [5.74, 6) is -0.0849. The lowest BCUT2D eigenvalue weighted by Gasteiger charge is -2.25. The Morgan fingerprint density at radius 1 is 0.659 bits per heavy atom. The molecule has 0 saturated heterocycles. The Hall–Kier alpha value is -3.99. The fourth-order valence-electron chi connectivity index (χ4n) is 5.69. The van der Waals surface area contributed by atoms with Gasteiger partial charge in [0.05, 0.1) is 10.8 Å². The van der Waals surface area contributed by atoms with E-state index >= 15 is 0 Å². The Morgan fingerprint density at radius 3 is 1.82 bits per heavy atom. The summed E-state index contributed by atoms with van der Waals surface area (Å²) >= 11 is 0. The number of fused-ring (bicyclic) bond motifs is 2. The van der Waals surface area contributed by atoms with Gasteiger partial charge in [0.1, 0.15) is 6.54 Å². The van der Waals surface area contributed by atoms with E-state index < -0.39 is 5.54 Å². The molecule has 0 aliphatic heterocycles. The number of hydrogen-bond donors (Lipinski definition) is 1. The van der Waals surface area contributed by atoms with Gasteiger partial charge in [0.25, 0.3) is 5.91 Å². The van der Waals surface area contributed by atoms with Crippen LogP contribution in [-0.4, -0.2) is 21.3 Å². The molecule has 4 aromatic carbocycles. The molecule has 0 atom stereocenters. The third kappa shape index (κ3) is 6.72. The number of carbonyl (C=O) groups excluding carboxylic acids is 1. The predicted octanol–water partition coefficient (Wildman–Crippen LogP) is 8.57. The summed E-state index contributed by atoms with van der Waals surface area (Å²) < 4.78 is 4.02. The van der Waals surface area contributed by atoms with Gasteiger partial charge in [0.15, 0.2) is 17.6 Å². The average Bonchev–Trinajstić information content (AvgIpc) is 3.34. The fourth-order valence-corrected chi connectivity index (χ4v) is 5.69. The molecule has 5 aromatic rings. The van der Waals surface area contributed by atoms with Gasteiger partial charge < -0.3 is 5.32 Å². The third-order valence-corrected chi connectivity index (χ3v) is 8.42. The highest BCUT2D eigenvalue weighted by molar-refractivity contribution is 5.99. The number of aromatic nitrogens is 3. The largest absolute Gasteiger partial charge is 0.343 e. The topological polar surface area (TPSA) is 50.8 Å². The van der Waals surface area contributed by atoms with Gasteiger partial charge in [-0.1, -0.05) is 111 Å². The Morgan fingerprint density at radius 2 is 1.20 bits per heavy atom. The van der Waals surface area contributed by atoms with E-state index in [0.717, 1.165) is 22.2 Å². The van der Waals surface area contributed by atoms with Gasteiger partial charge in [-0.05, 0) is 81.6 Å². The van der Waals surface area contributed by atoms with Crippen molar-refractivity contribution >= 4 is 27.5 Å². The molecule has 0 spiro atoms. The van der Waals surface area contributed by atoms with Gasteiger partial charge >= 0.3 is 0 Å². The van der Waals surface area contributed by atoms with Crippen LogP contribution >= 0.6 is 0 Å². The minimum absolute atomic E-state index is 0.0783. The molecule has 0 saturated carbocycles. The van der Waals surface area contributed by atoms with Crippen LogP contribution in [0, 0.1) is 0 Å². The number of nitrogens with one attached hydrogen (secondary N) is 1. The molecular formula is C39H49N4O+. The standard InChI is InChI=1S/C39H48N4O/c1-36(2,3)31-18-15-27-20-29(13-12-28(27)21-31)35(44)40-39(10,11)25-43-34(38(7,8)9)24-42(41-43)33-19-16-26-14-17-32(37(4,5)6)22-30(26)23-33/h12-24H,25H2,1-11H3/p+1. The summed E-state index contributed by atoms with van der Waals surface area (Å²) in [6, 6.07) is 25.7. The zero-order valence-corrected chi connectivity index (χ0v) is 28.5. The molecule has 5 rings (SSSR count). The normalized spacial score (nSPS) is 13.1. The summed E-state index contributed by atoms with van der Waals surface area (Å²) in [6.07, 6.45) is 2.13. The van der Waals surface area contributed by atoms with E-state index in [1.165, 1.54) is 21.9 Å². The Balaban J connectivity index is 1.41. The summed E-state index contributed by atoms with van der Waals surface area (Å²) in [5.41, 5.74) is 4.84. The Kier molecular flexibility index (Phi) is 7.77. The number of carbonyl (C=O) groups is 1. The van der Waals surface area contributed by atoms with E-state index in [4.69, 9.17) is 5.21 Å². The number of nitrogens with zero attached hydrogens (tertiary/aromatic N) is 3. The summed E-state index contributed by atoms with van der Waals surface area (Å²) in [6.45, 7) is 24.6. The lowest BCUT2D eigenvalue weighted by Crippen LogP contribution is -2.47. The molecule has 1 amide bonds. The molecule has 1 heterocycles. The third-order valence-electron chi connectivity index (χ3n) is 8.42. The minimum Gasteiger partial charge on any atom is -0.343 e. The summed E-state index contributed by atoms with van der Waals surface area (Å²) in [4.78, 5) is 13.5.